The van der Waals surface area contributed by atoms with Crippen molar-refractivity contribution < 1.29 is 9.42 Å². The fraction of sp³-hybridized carbons (Fsp3) is 0.700. The molecule has 3 N–H and O–H groups in total. The van der Waals surface area contributed by atoms with E-state index in [1.54, 1.807) is 0 Å². The van der Waals surface area contributed by atoms with Crippen molar-refractivity contribution in [2.24, 2.45) is 0 Å². The Balaban J connectivity index is 1.86. The maximum atomic E-state index is 11.8. The van der Waals surface area contributed by atoms with E-state index in [1.807, 2.05) is 11.8 Å². The lowest BCUT2D eigenvalue weighted by atomic mass is 9.95. The molecule has 6 nitrogen and oxygen atoms in total. The van der Waals surface area contributed by atoms with Gasteiger partial charge in [-0.25, -0.2) is 4.63 Å². The summed E-state index contributed by atoms with van der Waals surface area (Å²) in [6.07, 6.45) is 6.41. The molecule has 0 unspecified atom stereocenters. The van der Waals surface area contributed by atoms with Crippen LogP contribution in [0.2, 0.25) is 0 Å². The van der Waals surface area contributed by atoms with Crippen molar-refractivity contribution in [1.82, 2.24) is 15.6 Å². The Morgan fingerprint density at radius 3 is 2.65 bits per heavy atom. The Hall–Kier alpha value is -1.24. The summed E-state index contributed by atoms with van der Waals surface area (Å²) >= 11 is 1.90. The first-order valence-corrected chi connectivity index (χ1v) is 6.91. The van der Waals surface area contributed by atoms with Gasteiger partial charge in [0.1, 0.15) is 0 Å². The smallest absolute Gasteiger partial charge is 0.277 e. The predicted octanol–water partition coefficient (Wildman–Crippen LogP) is 1.06. The number of hydrogen-bond donors (Lipinski definition) is 2. The Kier molecular flexibility index (Phi) is 3.88. The fourth-order valence-electron chi connectivity index (χ4n) is 2.05. The monoisotopic (exact) mass is 256 g/mol. The highest BCUT2D eigenvalue weighted by Crippen LogP contribution is 2.26. The van der Waals surface area contributed by atoms with Gasteiger partial charge in [-0.15, -0.1) is 0 Å². The summed E-state index contributed by atoms with van der Waals surface area (Å²) in [6, 6.07) is 0.210. The Morgan fingerprint density at radius 2 is 2.12 bits per heavy atom. The first-order chi connectivity index (χ1) is 8.20. The van der Waals surface area contributed by atoms with Crippen LogP contribution < -0.4 is 11.1 Å². The van der Waals surface area contributed by atoms with Gasteiger partial charge >= 0.3 is 0 Å². The lowest BCUT2D eigenvalue weighted by molar-refractivity contribution is 0.0919. The molecule has 0 aromatic carbocycles. The number of carbonyl (C=O) groups is 1. The molecule has 0 aliphatic heterocycles. The molecule has 0 spiro atoms. The molecule has 17 heavy (non-hydrogen) atoms. The maximum Gasteiger partial charge on any atom is 0.277 e. The Bertz CT molecular complexity index is 387. The minimum Gasteiger partial charge on any atom is -0.379 e. The van der Waals surface area contributed by atoms with E-state index in [9.17, 15) is 4.79 Å². The van der Waals surface area contributed by atoms with Crippen molar-refractivity contribution in [2.75, 3.05) is 12.0 Å². The van der Waals surface area contributed by atoms with Crippen LogP contribution in [-0.4, -0.2) is 33.8 Å². The van der Waals surface area contributed by atoms with Crippen LogP contribution in [0.15, 0.2) is 4.63 Å². The number of aromatic nitrogens is 2. The molecule has 0 atom stereocenters. The zero-order chi connectivity index (χ0) is 12.3. The van der Waals surface area contributed by atoms with E-state index in [0.29, 0.717) is 0 Å². The van der Waals surface area contributed by atoms with Crippen LogP contribution >= 0.6 is 11.8 Å². The molecular weight excluding hydrogens is 240 g/mol. The highest BCUT2D eigenvalue weighted by atomic mass is 32.2. The van der Waals surface area contributed by atoms with E-state index in [-0.39, 0.29) is 23.5 Å². The van der Waals surface area contributed by atoms with Crippen LogP contribution in [0, 0.1) is 0 Å². The molecule has 1 amide bonds. The zero-order valence-electron chi connectivity index (χ0n) is 9.68. The summed E-state index contributed by atoms with van der Waals surface area (Å²) in [4.78, 5) is 11.8. The summed E-state index contributed by atoms with van der Waals surface area (Å²) < 4.78 is 4.40. The number of amides is 1. The molecule has 7 heteroatoms. The van der Waals surface area contributed by atoms with Crippen molar-refractivity contribution in [3.8, 4) is 0 Å². The molecule has 94 valence electrons. The number of nitrogens with one attached hydrogen (secondary N) is 1. The average molecular weight is 256 g/mol. The summed E-state index contributed by atoms with van der Waals surface area (Å²) in [6.45, 7) is 0. The SMILES string of the molecule is CSC1CCC(NC(=O)c2nonc2N)CC1. The van der Waals surface area contributed by atoms with Gasteiger partial charge in [-0.2, -0.15) is 11.8 Å². The number of nitrogens with two attached hydrogens (primary N) is 1. The quantitative estimate of drug-likeness (QED) is 0.839. The number of carbonyl (C=O) groups excluding carboxylic acids is 1. The lowest BCUT2D eigenvalue weighted by Gasteiger charge is -2.27. The highest BCUT2D eigenvalue weighted by Gasteiger charge is 2.24. The molecule has 1 heterocycles. The number of rotatable bonds is 3. The maximum absolute atomic E-state index is 11.8. The largest absolute Gasteiger partial charge is 0.379 e. The minimum absolute atomic E-state index is 0.0419. The van der Waals surface area contributed by atoms with Gasteiger partial charge in [0, 0.05) is 11.3 Å². The number of thioether (sulfide) groups is 1. The van der Waals surface area contributed by atoms with Gasteiger partial charge in [0.25, 0.3) is 5.91 Å². The van der Waals surface area contributed by atoms with Gasteiger partial charge in [0.05, 0.1) is 0 Å². The molecular formula is C10H16N4O2S. The van der Waals surface area contributed by atoms with Crippen molar-refractivity contribution in [3.05, 3.63) is 5.69 Å². The van der Waals surface area contributed by atoms with Crippen LogP contribution in [0.5, 0.6) is 0 Å². The summed E-state index contributed by atoms with van der Waals surface area (Å²) in [5, 5.41) is 10.5. The van der Waals surface area contributed by atoms with E-state index >= 15 is 0 Å². The van der Waals surface area contributed by atoms with E-state index in [0.717, 1.165) is 30.9 Å². The predicted molar refractivity (Wildman–Crippen MR) is 65.7 cm³/mol. The third kappa shape index (κ3) is 2.91. The van der Waals surface area contributed by atoms with Crippen LogP contribution in [0.4, 0.5) is 5.82 Å². The molecule has 1 aliphatic carbocycles. The molecule has 0 saturated heterocycles. The van der Waals surface area contributed by atoms with E-state index in [2.05, 4.69) is 26.5 Å². The van der Waals surface area contributed by atoms with Crippen molar-refractivity contribution in [2.45, 2.75) is 37.0 Å². The third-order valence-corrected chi connectivity index (χ3v) is 4.21. The molecule has 1 aliphatic rings. The number of anilines is 1. The third-order valence-electron chi connectivity index (χ3n) is 3.07. The van der Waals surface area contributed by atoms with Gasteiger partial charge < -0.3 is 11.1 Å². The Labute approximate surface area is 104 Å². The molecule has 0 bridgehead atoms. The average Bonchev–Trinajstić information content (AvgIpc) is 2.76. The molecule has 1 aromatic heterocycles. The second-order valence-corrected chi connectivity index (χ2v) is 5.32. The van der Waals surface area contributed by atoms with Crippen molar-refractivity contribution >= 4 is 23.5 Å². The van der Waals surface area contributed by atoms with Crippen LogP contribution in [0.25, 0.3) is 0 Å². The Morgan fingerprint density at radius 1 is 1.41 bits per heavy atom. The van der Waals surface area contributed by atoms with E-state index in [1.165, 1.54) is 0 Å². The number of hydrogen-bond acceptors (Lipinski definition) is 6. The first kappa shape index (κ1) is 12.2. The topological polar surface area (TPSA) is 94.0 Å². The first-order valence-electron chi connectivity index (χ1n) is 5.62. The van der Waals surface area contributed by atoms with Gasteiger partial charge in [0.2, 0.25) is 11.5 Å². The van der Waals surface area contributed by atoms with Crippen LogP contribution in [0.1, 0.15) is 36.2 Å². The van der Waals surface area contributed by atoms with E-state index in [4.69, 9.17) is 5.73 Å². The highest BCUT2D eigenvalue weighted by molar-refractivity contribution is 7.99. The van der Waals surface area contributed by atoms with E-state index < -0.39 is 0 Å². The van der Waals surface area contributed by atoms with Crippen LogP contribution in [-0.2, 0) is 0 Å². The fourth-order valence-corrected chi connectivity index (χ4v) is 2.79. The summed E-state index contributed by atoms with van der Waals surface area (Å²) in [5.74, 6) is -0.253. The normalized spacial score (nSPS) is 24.5. The molecule has 1 saturated carbocycles. The zero-order valence-corrected chi connectivity index (χ0v) is 10.5. The van der Waals surface area contributed by atoms with Crippen LogP contribution in [0.3, 0.4) is 0 Å². The van der Waals surface area contributed by atoms with Crippen molar-refractivity contribution in [1.29, 1.82) is 0 Å². The van der Waals surface area contributed by atoms with Gasteiger partial charge in [-0.1, -0.05) is 0 Å². The molecule has 1 fully saturated rings. The second kappa shape index (κ2) is 5.39. The van der Waals surface area contributed by atoms with Crippen molar-refractivity contribution in [3.63, 3.8) is 0 Å². The summed E-state index contributed by atoms with van der Waals surface area (Å²) in [5.41, 5.74) is 5.54. The second-order valence-electron chi connectivity index (χ2n) is 4.18. The standard InChI is InChI=1S/C10H16N4O2S/c1-17-7-4-2-6(3-5-7)12-10(15)8-9(11)14-16-13-8/h6-7H,2-5H2,1H3,(H2,11,14)(H,12,15). The molecule has 1 aromatic rings. The molecule has 0 radical (unpaired) electrons. The lowest BCUT2D eigenvalue weighted by Crippen LogP contribution is -2.38. The van der Waals surface area contributed by atoms with Gasteiger partial charge in [-0.3, -0.25) is 4.79 Å². The number of nitrogens with zero attached hydrogens (tertiary/aromatic N) is 2. The minimum atomic E-state index is -0.295. The number of nitrogen functional groups attached to an aromatic ring is 1. The summed E-state index contributed by atoms with van der Waals surface area (Å²) in [7, 11) is 0. The van der Waals surface area contributed by atoms with Gasteiger partial charge in [0.15, 0.2) is 0 Å². The molecule has 2 rings (SSSR count). The van der Waals surface area contributed by atoms with Gasteiger partial charge in [-0.05, 0) is 42.3 Å².